The van der Waals surface area contributed by atoms with Crippen LogP contribution in [0.25, 0.3) is 0 Å². The molecule has 1 amide bonds. The summed E-state index contributed by atoms with van der Waals surface area (Å²) in [6.45, 7) is 7.12. The molecule has 0 fully saturated rings. The zero-order valence-electron chi connectivity index (χ0n) is 13.0. The molecule has 0 radical (unpaired) electrons. The quantitative estimate of drug-likeness (QED) is 0.511. The first-order chi connectivity index (χ1) is 9.06. The van der Waals surface area contributed by atoms with E-state index in [1.165, 1.54) is 37.2 Å². The number of thioether (sulfide) groups is 1. The SMILES string of the molecule is CCCCCSCCCCC(C)(NCCC)C(N)=O. The smallest absolute Gasteiger partial charge is 0.237 e. The summed E-state index contributed by atoms with van der Waals surface area (Å²) in [5.74, 6) is 2.25. The van der Waals surface area contributed by atoms with Gasteiger partial charge in [0, 0.05) is 0 Å². The second-order valence-corrected chi connectivity index (χ2v) is 6.62. The number of unbranched alkanes of at least 4 members (excludes halogenated alkanes) is 3. The van der Waals surface area contributed by atoms with E-state index in [1.54, 1.807) is 0 Å². The van der Waals surface area contributed by atoms with Gasteiger partial charge < -0.3 is 11.1 Å². The number of nitrogens with one attached hydrogen (secondary N) is 1. The van der Waals surface area contributed by atoms with Crippen molar-refractivity contribution in [3.63, 3.8) is 0 Å². The van der Waals surface area contributed by atoms with Gasteiger partial charge >= 0.3 is 0 Å². The fraction of sp³-hybridized carbons (Fsp3) is 0.933. The molecule has 0 aromatic carbocycles. The number of amides is 1. The Hall–Kier alpha value is -0.220. The number of primary amides is 1. The average molecular weight is 289 g/mol. The highest BCUT2D eigenvalue weighted by atomic mass is 32.2. The molecule has 0 aromatic rings. The van der Waals surface area contributed by atoms with Crippen LogP contribution < -0.4 is 11.1 Å². The van der Waals surface area contributed by atoms with Gasteiger partial charge in [0.1, 0.15) is 0 Å². The predicted octanol–water partition coefficient (Wildman–Crippen LogP) is 3.32. The minimum absolute atomic E-state index is 0.225. The summed E-state index contributed by atoms with van der Waals surface area (Å²) in [7, 11) is 0. The van der Waals surface area contributed by atoms with Crippen molar-refractivity contribution in [1.82, 2.24) is 5.32 Å². The zero-order valence-corrected chi connectivity index (χ0v) is 13.8. The van der Waals surface area contributed by atoms with Crippen LogP contribution in [0.2, 0.25) is 0 Å². The molecule has 0 rings (SSSR count). The maximum absolute atomic E-state index is 11.5. The molecule has 0 aliphatic rings. The van der Waals surface area contributed by atoms with Crippen molar-refractivity contribution in [3.8, 4) is 0 Å². The fourth-order valence-electron chi connectivity index (χ4n) is 1.94. The highest BCUT2D eigenvalue weighted by molar-refractivity contribution is 7.99. The van der Waals surface area contributed by atoms with Crippen molar-refractivity contribution in [2.75, 3.05) is 18.1 Å². The summed E-state index contributed by atoms with van der Waals surface area (Å²) in [6.07, 6.45) is 8.07. The molecule has 0 aliphatic carbocycles. The van der Waals surface area contributed by atoms with Crippen molar-refractivity contribution >= 4 is 17.7 Å². The second-order valence-electron chi connectivity index (χ2n) is 5.40. The zero-order chi connectivity index (χ0) is 14.6. The summed E-state index contributed by atoms with van der Waals surface area (Å²) >= 11 is 2.03. The molecule has 0 aliphatic heterocycles. The third kappa shape index (κ3) is 9.33. The van der Waals surface area contributed by atoms with Crippen LogP contribution in [-0.4, -0.2) is 29.5 Å². The third-order valence-electron chi connectivity index (χ3n) is 3.42. The Labute approximate surface area is 123 Å². The Kier molecular flexibility index (Phi) is 11.5. The molecule has 19 heavy (non-hydrogen) atoms. The number of carbonyl (C=O) groups is 1. The highest BCUT2D eigenvalue weighted by Gasteiger charge is 2.29. The van der Waals surface area contributed by atoms with E-state index in [-0.39, 0.29) is 5.91 Å². The normalized spacial score (nSPS) is 14.3. The van der Waals surface area contributed by atoms with Crippen LogP contribution in [0.4, 0.5) is 0 Å². The third-order valence-corrected chi connectivity index (χ3v) is 4.57. The lowest BCUT2D eigenvalue weighted by Crippen LogP contribution is -2.53. The lowest BCUT2D eigenvalue weighted by Gasteiger charge is -2.27. The summed E-state index contributed by atoms with van der Waals surface area (Å²) in [5.41, 5.74) is 4.98. The van der Waals surface area contributed by atoms with Crippen molar-refractivity contribution < 1.29 is 4.79 Å². The van der Waals surface area contributed by atoms with Crippen LogP contribution in [0.1, 0.15) is 65.7 Å². The maximum Gasteiger partial charge on any atom is 0.237 e. The van der Waals surface area contributed by atoms with Gasteiger partial charge in [0.25, 0.3) is 0 Å². The average Bonchev–Trinajstić information content (AvgIpc) is 2.39. The van der Waals surface area contributed by atoms with E-state index < -0.39 is 5.54 Å². The van der Waals surface area contributed by atoms with E-state index in [2.05, 4.69) is 19.2 Å². The van der Waals surface area contributed by atoms with Crippen molar-refractivity contribution in [2.24, 2.45) is 5.73 Å². The van der Waals surface area contributed by atoms with Crippen LogP contribution >= 0.6 is 11.8 Å². The van der Waals surface area contributed by atoms with Crippen LogP contribution in [0.5, 0.6) is 0 Å². The summed E-state index contributed by atoms with van der Waals surface area (Å²) in [5, 5.41) is 3.28. The summed E-state index contributed by atoms with van der Waals surface area (Å²) in [4.78, 5) is 11.5. The van der Waals surface area contributed by atoms with E-state index in [9.17, 15) is 4.79 Å². The number of nitrogens with two attached hydrogens (primary N) is 1. The van der Waals surface area contributed by atoms with Gasteiger partial charge in [-0.1, -0.05) is 33.1 Å². The summed E-state index contributed by atoms with van der Waals surface area (Å²) < 4.78 is 0. The number of rotatable bonds is 13. The monoisotopic (exact) mass is 288 g/mol. The minimum atomic E-state index is -0.525. The van der Waals surface area contributed by atoms with E-state index >= 15 is 0 Å². The van der Waals surface area contributed by atoms with E-state index in [1.807, 2.05) is 18.7 Å². The van der Waals surface area contributed by atoms with Crippen molar-refractivity contribution in [2.45, 2.75) is 71.3 Å². The lowest BCUT2D eigenvalue weighted by molar-refractivity contribution is -0.124. The Morgan fingerprint density at radius 3 is 2.26 bits per heavy atom. The standard InChI is InChI=1S/C15H32N2OS/c1-4-6-8-12-19-13-9-7-10-15(3,14(16)18)17-11-5-2/h17H,4-13H2,1-3H3,(H2,16,18). The van der Waals surface area contributed by atoms with Gasteiger partial charge in [0.2, 0.25) is 5.91 Å². The second kappa shape index (κ2) is 11.6. The molecule has 0 aromatic heterocycles. The first-order valence-electron chi connectivity index (χ1n) is 7.69. The molecule has 0 saturated carbocycles. The molecule has 0 spiro atoms. The van der Waals surface area contributed by atoms with Gasteiger partial charge in [-0.15, -0.1) is 0 Å². The van der Waals surface area contributed by atoms with Gasteiger partial charge in [-0.25, -0.2) is 0 Å². The molecule has 0 bridgehead atoms. The predicted molar refractivity (Wildman–Crippen MR) is 86.6 cm³/mol. The molecule has 3 N–H and O–H groups in total. The maximum atomic E-state index is 11.5. The Morgan fingerprint density at radius 1 is 1.11 bits per heavy atom. The first kappa shape index (κ1) is 18.8. The van der Waals surface area contributed by atoms with Crippen molar-refractivity contribution in [3.05, 3.63) is 0 Å². The minimum Gasteiger partial charge on any atom is -0.368 e. The number of hydrogen-bond acceptors (Lipinski definition) is 3. The molecule has 114 valence electrons. The number of hydrogen-bond donors (Lipinski definition) is 2. The van der Waals surface area contributed by atoms with Gasteiger partial charge in [-0.05, 0) is 50.7 Å². The van der Waals surface area contributed by atoms with E-state index in [4.69, 9.17) is 5.73 Å². The Bertz CT molecular complexity index is 236. The Morgan fingerprint density at radius 2 is 1.74 bits per heavy atom. The van der Waals surface area contributed by atoms with Crippen LogP contribution in [0.3, 0.4) is 0 Å². The van der Waals surface area contributed by atoms with Crippen LogP contribution in [0.15, 0.2) is 0 Å². The number of carbonyl (C=O) groups excluding carboxylic acids is 1. The van der Waals surface area contributed by atoms with Gasteiger partial charge in [0.15, 0.2) is 0 Å². The molecular weight excluding hydrogens is 256 g/mol. The molecule has 0 saturated heterocycles. The molecule has 1 unspecified atom stereocenters. The molecular formula is C15H32N2OS. The van der Waals surface area contributed by atoms with Crippen LogP contribution in [0, 0.1) is 0 Å². The highest BCUT2D eigenvalue weighted by Crippen LogP contribution is 2.16. The van der Waals surface area contributed by atoms with E-state index in [0.29, 0.717) is 0 Å². The van der Waals surface area contributed by atoms with Gasteiger partial charge in [0.05, 0.1) is 5.54 Å². The lowest BCUT2D eigenvalue weighted by atomic mass is 9.94. The van der Waals surface area contributed by atoms with E-state index in [0.717, 1.165) is 25.8 Å². The van der Waals surface area contributed by atoms with Crippen LogP contribution in [-0.2, 0) is 4.79 Å². The largest absolute Gasteiger partial charge is 0.368 e. The molecule has 0 heterocycles. The summed E-state index contributed by atoms with van der Waals surface area (Å²) in [6, 6.07) is 0. The molecule has 1 atom stereocenters. The first-order valence-corrected chi connectivity index (χ1v) is 8.85. The fourth-order valence-corrected chi connectivity index (χ4v) is 2.96. The molecule has 4 heteroatoms. The van der Waals surface area contributed by atoms with Gasteiger partial charge in [-0.3, -0.25) is 4.79 Å². The Balaban J connectivity index is 3.67. The topological polar surface area (TPSA) is 55.1 Å². The van der Waals surface area contributed by atoms with Gasteiger partial charge in [-0.2, -0.15) is 11.8 Å². The van der Waals surface area contributed by atoms with Crippen molar-refractivity contribution in [1.29, 1.82) is 0 Å². The molecule has 3 nitrogen and oxygen atoms in total.